The minimum atomic E-state index is -0.315. The molecule has 8 heteroatoms. The average molecular weight is 429 g/mol. The van der Waals surface area contributed by atoms with Crippen molar-refractivity contribution in [3.05, 3.63) is 27.9 Å². The van der Waals surface area contributed by atoms with Crippen molar-refractivity contribution in [2.75, 3.05) is 13.1 Å². The number of rotatable bonds is 4. The van der Waals surface area contributed by atoms with Crippen molar-refractivity contribution >= 4 is 30.7 Å². The third-order valence-corrected chi connectivity index (χ3v) is 7.26. The van der Waals surface area contributed by atoms with Gasteiger partial charge in [-0.05, 0) is 75.7 Å². The van der Waals surface area contributed by atoms with Gasteiger partial charge in [0.15, 0.2) is 0 Å². The van der Waals surface area contributed by atoms with Crippen molar-refractivity contribution in [2.45, 2.75) is 62.8 Å². The van der Waals surface area contributed by atoms with Gasteiger partial charge in [-0.15, -0.1) is 24.8 Å². The van der Waals surface area contributed by atoms with Crippen LogP contribution in [0.2, 0.25) is 0 Å². The third-order valence-electron chi connectivity index (χ3n) is 7.26. The summed E-state index contributed by atoms with van der Waals surface area (Å²) >= 11 is 0. The molecule has 0 radical (unpaired) electrons. The molecule has 5 aliphatic rings. The summed E-state index contributed by atoms with van der Waals surface area (Å²) in [5, 5.41) is 6.22. The molecule has 5 fully saturated rings. The van der Waals surface area contributed by atoms with Gasteiger partial charge in [0.2, 0.25) is 0 Å². The fourth-order valence-corrected chi connectivity index (χ4v) is 6.47. The molecule has 6 nitrogen and oxygen atoms in total. The van der Waals surface area contributed by atoms with Gasteiger partial charge in [-0.2, -0.15) is 0 Å². The topological polar surface area (TPSA) is 86.9 Å². The molecule has 0 unspecified atom stereocenters. The number of aromatic amines is 1. The quantitative estimate of drug-likeness (QED) is 0.687. The summed E-state index contributed by atoms with van der Waals surface area (Å²) in [5.74, 6) is 2.91. The zero-order valence-corrected chi connectivity index (χ0v) is 17.7. The highest BCUT2D eigenvalue weighted by Gasteiger charge is 2.52. The van der Waals surface area contributed by atoms with Gasteiger partial charge in [-0.1, -0.05) is 0 Å². The standard InChI is InChI=1S/C20H28N4O2.2ClH/c25-17(22-10-15-2-1-3-21-15)16-11-23-19(24-18(16)26)20-7-12-4-13(8-20)6-14(5-12)9-20;;/h11-15,21H,1-10H2,(H,22,25)(H,23,24,26);2*1H/t12?,13?,14?,15-,20?;;/m0../s1. The van der Waals surface area contributed by atoms with E-state index in [2.05, 4.69) is 20.6 Å². The summed E-state index contributed by atoms with van der Waals surface area (Å²) in [7, 11) is 0. The molecule has 1 atom stereocenters. The van der Waals surface area contributed by atoms with E-state index in [1.807, 2.05) is 0 Å². The van der Waals surface area contributed by atoms with Crippen LogP contribution in [0.3, 0.4) is 0 Å². The number of halogens is 2. The van der Waals surface area contributed by atoms with Crippen molar-refractivity contribution < 1.29 is 4.79 Å². The van der Waals surface area contributed by atoms with Gasteiger partial charge in [0, 0.05) is 24.2 Å². The number of aromatic nitrogens is 2. The van der Waals surface area contributed by atoms with Crippen LogP contribution < -0.4 is 16.2 Å². The Kier molecular flexibility index (Phi) is 6.42. The Morgan fingerprint density at radius 2 is 1.79 bits per heavy atom. The second kappa shape index (κ2) is 8.33. The Morgan fingerprint density at radius 1 is 1.14 bits per heavy atom. The van der Waals surface area contributed by atoms with Gasteiger partial charge >= 0.3 is 0 Å². The summed E-state index contributed by atoms with van der Waals surface area (Å²) in [6, 6.07) is 0.317. The maximum Gasteiger partial charge on any atom is 0.263 e. The SMILES string of the molecule is Cl.Cl.O=C(NC[C@@H]1CCCN1)c1cnc(C23CC4CC(CC(C4)C2)C3)[nH]c1=O. The lowest BCUT2D eigenvalue weighted by molar-refractivity contribution is -0.00953. The Labute approximate surface area is 177 Å². The number of amides is 1. The monoisotopic (exact) mass is 428 g/mol. The van der Waals surface area contributed by atoms with Crippen LogP contribution in [0, 0.1) is 17.8 Å². The number of hydrogen-bond donors (Lipinski definition) is 3. The lowest BCUT2D eigenvalue weighted by atomic mass is 9.49. The Balaban J connectivity index is 0.00000112. The lowest BCUT2D eigenvalue weighted by Crippen LogP contribution is -2.50. The van der Waals surface area contributed by atoms with Crippen molar-refractivity contribution in [1.82, 2.24) is 20.6 Å². The molecule has 156 valence electrons. The largest absolute Gasteiger partial charge is 0.350 e. The van der Waals surface area contributed by atoms with Crippen LogP contribution in [-0.2, 0) is 5.41 Å². The van der Waals surface area contributed by atoms with E-state index in [9.17, 15) is 9.59 Å². The number of hydrogen-bond acceptors (Lipinski definition) is 4. The lowest BCUT2D eigenvalue weighted by Gasteiger charge is -2.56. The zero-order valence-electron chi connectivity index (χ0n) is 16.0. The minimum Gasteiger partial charge on any atom is -0.350 e. The van der Waals surface area contributed by atoms with E-state index in [0.717, 1.165) is 62.2 Å². The Hall–Kier alpha value is -1.11. The van der Waals surface area contributed by atoms with E-state index in [0.29, 0.717) is 12.6 Å². The molecular weight excluding hydrogens is 399 g/mol. The molecule has 1 amide bonds. The third kappa shape index (κ3) is 3.83. The van der Waals surface area contributed by atoms with Crippen LogP contribution in [0.5, 0.6) is 0 Å². The van der Waals surface area contributed by atoms with Crippen LogP contribution >= 0.6 is 24.8 Å². The van der Waals surface area contributed by atoms with Crippen LogP contribution in [0.25, 0.3) is 0 Å². The molecule has 28 heavy (non-hydrogen) atoms. The first-order chi connectivity index (χ1) is 12.6. The van der Waals surface area contributed by atoms with E-state index < -0.39 is 0 Å². The van der Waals surface area contributed by atoms with Gasteiger partial charge in [0.25, 0.3) is 11.5 Å². The molecule has 4 aliphatic carbocycles. The molecule has 1 aromatic rings. The minimum absolute atomic E-state index is 0. The molecule has 4 bridgehead atoms. The molecule has 3 N–H and O–H groups in total. The van der Waals surface area contributed by atoms with E-state index in [4.69, 9.17) is 0 Å². The highest BCUT2D eigenvalue weighted by molar-refractivity contribution is 5.93. The van der Waals surface area contributed by atoms with Crippen LogP contribution in [0.4, 0.5) is 0 Å². The molecule has 0 aromatic carbocycles. The molecule has 1 saturated heterocycles. The van der Waals surface area contributed by atoms with E-state index in [1.165, 1.54) is 25.5 Å². The molecular formula is C20H30Cl2N4O2. The fourth-order valence-electron chi connectivity index (χ4n) is 6.47. The number of carbonyl (C=O) groups is 1. The number of H-pyrrole nitrogens is 1. The van der Waals surface area contributed by atoms with E-state index in [1.54, 1.807) is 0 Å². The van der Waals surface area contributed by atoms with Crippen molar-refractivity contribution in [1.29, 1.82) is 0 Å². The van der Waals surface area contributed by atoms with Crippen LogP contribution in [-0.4, -0.2) is 35.0 Å². The molecule has 6 rings (SSSR count). The van der Waals surface area contributed by atoms with Gasteiger partial charge in [0.1, 0.15) is 11.4 Å². The molecule has 1 aromatic heterocycles. The first-order valence-corrected chi connectivity index (χ1v) is 10.2. The summed E-state index contributed by atoms with van der Waals surface area (Å²) in [5.41, 5.74) is -0.101. The first kappa shape index (κ1) is 21.6. The summed E-state index contributed by atoms with van der Waals surface area (Å²) in [4.78, 5) is 32.6. The highest BCUT2D eigenvalue weighted by Crippen LogP contribution is 2.59. The number of nitrogens with zero attached hydrogens (tertiary/aromatic N) is 1. The van der Waals surface area contributed by atoms with E-state index >= 15 is 0 Å². The van der Waals surface area contributed by atoms with Gasteiger partial charge in [0.05, 0.1) is 0 Å². The molecule has 1 aliphatic heterocycles. The predicted molar refractivity (Wildman–Crippen MR) is 113 cm³/mol. The van der Waals surface area contributed by atoms with Gasteiger partial charge in [-0.3, -0.25) is 9.59 Å². The summed E-state index contributed by atoms with van der Waals surface area (Å²) in [6.45, 7) is 1.57. The van der Waals surface area contributed by atoms with Crippen LogP contribution in [0.1, 0.15) is 67.5 Å². The maximum absolute atomic E-state index is 12.6. The second-order valence-corrected chi connectivity index (χ2v) is 9.18. The zero-order chi connectivity index (χ0) is 17.7. The Bertz CT molecular complexity index is 740. The Morgan fingerprint density at radius 3 is 2.32 bits per heavy atom. The van der Waals surface area contributed by atoms with Crippen LogP contribution in [0.15, 0.2) is 11.0 Å². The second-order valence-electron chi connectivity index (χ2n) is 9.18. The summed E-state index contributed by atoms with van der Waals surface area (Å²) < 4.78 is 0. The molecule has 4 saturated carbocycles. The van der Waals surface area contributed by atoms with Crippen molar-refractivity contribution in [2.24, 2.45) is 17.8 Å². The molecule has 0 spiro atoms. The van der Waals surface area contributed by atoms with E-state index in [-0.39, 0.29) is 47.3 Å². The summed E-state index contributed by atoms with van der Waals surface area (Å²) in [6.07, 6.45) is 11.3. The fraction of sp³-hybridized carbons (Fsp3) is 0.750. The smallest absolute Gasteiger partial charge is 0.263 e. The van der Waals surface area contributed by atoms with Gasteiger partial charge < -0.3 is 15.6 Å². The average Bonchev–Trinajstić information content (AvgIpc) is 3.12. The number of nitrogens with one attached hydrogen (secondary N) is 3. The first-order valence-electron chi connectivity index (χ1n) is 10.2. The maximum atomic E-state index is 12.6. The normalized spacial score (nSPS) is 35.1. The predicted octanol–water partition coefficient (Wildman–Crippen LogP) is 2.56. The van der Waals surface area contributed by atoms with Crippen molar-refractivity contribution in [3.63, 3.8) is 0 Å². The highest BCUT2D eigenvalue weighted by atomic mass is 35.5. The molecule has 2 heterocycles. The van der Waals surface area contributed by atoms with Gasteiger partial charge in [-0.25, -0.2) is 4.98 Å². The van der Waals surface area contributed by atoms with Crippen molar-refractivity contribution in [3.8, 4) is 0 Å². The number of carbonyl (C=O) groups excluding carboxylic acids is 1.